The van der Waals surface area contributed by atoms with E-state index >= 15 is 0 Å². The molecule has 0 bridgehead atoms. The summed E-state index contributed by atoms with van der Waals surface area (Å²) < 4.78 is 7.57. The summed E-state index contributed by atoms with van der Waals surface area (Å²) in [5, 5.41) is 2.98. The summed E-state index contributed by atoms with van der Waals surface area (Å²) in [5.74, 6) is -1.91. The zero-order valence-corrected chi connectivity index (χ0v) is 19.5. The van der Waals surface area contributed by atoms with Crippen LogP contribution in [0.2, 0.25) is 0 Å². The van der Waals surface area contributed by atoms with Crippen LogP contribution in [-0.4, -0.2) is 35.0 Å². The normalized spacial score (nSPS) is 15.3. The van der Waals surface area contributed by atoms with Crippen molar-refractivity contribution in [3.8, 4) is 0 Å². The van der Waals surface area contributed by atoms with Crippen molar-refractivity contribution in [1.29, 1.82) is 0 Å². The number of urea groups is 1. The van der Waals surface area contributed by atoms with E-state index in [1.807, 2.05) is 31.2 Å². The molecule has 0 unspecified atom stereocenters. The number of nitrogens with one attached hydrogen (secondary N) is 1. The number of benzene rings is 2. The van der Waals surface area contributed by atoms with E-state index in [-0.39, 0.29) is 18.7 Å². The molecule has 1 aliphatic rings. The largest absolute Gasteiger partial charge is 0.465 e. The Balaban J connectivity index is 1.77. The summed E-state index contributed by atoms with van der Waals surface area (Å²) in [4.78, 5) is 51.3. The first-order valence-electron chi connectivity index (χ1n) is 10.2. The minimum absolute atomic E-state index is 0.0134. The monoisotopic (exact) mass is 509 g/mol. The van der Waals surface area contributed by atoms with Gasteiger partial charge in [-0.3, -0.25) is 19.7 Å². The number of rotatable bonds is 5. The van der Waals surface area contributed by atoms with E-state index in [2.05, 4.69) is 21.2 Å². The van der Waals surface area contributed by atoms with Crippen LogP contribution in [0, 0.1) is 6.92 Å². The van der Waals surface area contributed by atoms with Crippen molar-refractivity contribution >= 4 is 62.4 Å². The number of imide groups is 2. The third-order valence-electron chi connectivity index (χ3n) is 5.23. The maximum atomic E-state index is 13.2. The number of fused-ring (bicyclic) bond motifs is 1. The fourth-order valence-electron chi connectivity index (χ4n) is 3.68. The summed E-state index contributed by atoms with van der Waals surface area (Å²) >= 11 is 3.40. The number of halogens is 1. The molecule has 3 aromatic rings. The zero-order valence-electron chi connectivity index (χ0n) is 17.9. The lowest BCUT2D eigenvalue weighted by Crippen LogP contribution is -2.54. The minimum Gasteiger partial charge on any atom is -0.465 e. The van der Waals surface area contributed by atoms with Crippen LogP contribution in [0.1, 0.15) is 18.1 Å². The van der Waals surface area contributed by atoms with Crippen LogP contribution < -0.4 is 10.2 Å². The predicted octanol–water partition coefficient (Wildman–Crippen LogP) is 3.94. The van der Waals surface area contributed by atoms with Gasteiger partial charge < -0.3 is 9.30 Å². The molecule has 1 aliphatic heterocycles. The van der Waals surface area contributed by atoms with Crippen LogP contribution in [0.25, 0.3) is 17.0 Å². The van der Waals surface area contributed by atoms with Gasteiger partial charge in [0.05, 0.1) is 12.3 Å². The quantitative estimate of drug-likeness (QED) is 0.319. The average molecular weight is 510 g/mol. The van der Waals surface area contributed by atoms with Crippen LogP contribution in [0.3, 0.4) is 0 Å². The van der Waals surface area contributed by atoms with E-state index in [0.29, 0.717) is 11.3 Å². The van der Waals surface area contributed by atoms with E-state index in [9.17, 15) is 19.2 Å². The number of nitrogens with zero attached hydrogens (tertiary/aromatic N) is 2. The predicted molar refractivity (Wildman–Crippen MR) is 126 cm³/mol. The molecule has 4 rings (SSSR count). The number of hydrogen-bond acceptors (Lipinski definition) is 5. The number of aromatic nitrogens is 1. The molecule has 0 atom stereocenters. The molecule has 0 saturated carbocycles. The molecule has 2 heterocycles. The number of hydrogen-bond donors (Lipinski definition) is 1. The summed E-state index contributed by atoms with van der Waals surface area (Å²) in [5.41, 5.74) is 2.31. The fraction of sp³-hybridized carbons (Fsp3) is 0.167. The Kier molecular flexibility index (Phi) is 6.15. The van der Waals surface area contributed by atoms with Crippen LogP contribution in [0.15, 0.2) is 58.7 Å². The highest BCUT2D eigenvalue weighted by Gasteiger charge is 2.37. The zero-order chi connectivity index (χ0) is 23.7. The number of ether oxygens (including phenoxy) is 1. The van der Waals surface area contributed by atoms with Gasteiger partial charge in [-0.25, -0.2) is 9.69 Å². The summed E-state index contributed by atoms with van der Waals surface area (Å²) in [7, 11) is 0. The number of anilines is 1. The number of barbiturate groups is 1. The molecule has 1 fully saturated rings. The van der Waals surface area contributed by atoms with Crippen molar-refractivity contribution in [2.75, 3.05) is 11.5 Å². The van der Waals surface area contributed by atoms with Crippen LogP contribution in [0.5, 0.6) is 0 Å². The molecule has 0 radical (unpaired) electrons. The first-order valence-corrected chi connectivity index (χ1v) is 11.0. The third kappa shape index (κ3) is 4.31. The number of carbonyl (C=O) groups excluding carboxylic acids is 4. The lowest BCUT2D eigenvalue weighted by molar-refractivity contribution is -0.143. The molecule has 1 saturated heterocycles. The molecule has 168 valence electrons. The second-order valence-electron chi connectivity index (χ2n) is 7.43. The van der Waals surface area contributed by atoms with E-state index in [1.165, 1.54) is 6.08 Å². The molecule has 4 amide bonds. The van der Waals surface area contributed by atoms with Crippen molar-refractivity contribution in [2.24, 2.45) is 0 Å². The molecular formula is C24H20BrN3O5. The Bertz CT molecular complexity index is 1340. The van der Waals surface area contributed by atoms with Gasteiger partial charge in [0.1, 0.15) is 12.1 Å². The van der Waals surface area contributed by atoms with Crippen molar-refractivity contribution in [2.45, 2.75) is 20.4 Å². The van der Waals surface area contributed by atoms with E-state index in [1.54, 1.807) is 35.9 Å². The lowest BCUT2D eigenvalue weighted by Gasteiger charge is -2.26. The number of carbonyl (C=O) groups is 4. The standard InChI is InChI=1S/C24H20BrN3O5/c1-3-33-21(29)13-27-12-15(17-6-4-5-7-20(17)27)11-18-22(30)26-24(32)28(23(18)31)16-8-9-19(25)14(2)10-16/h4-12H,3,13H2,1-2H3,(H,26,30,32)/b18-11+. The molecular weight excluding hydrogens is 490 g/mol. The van der Waals surface area contributed by atoms with Crippen molar-refractivity contribution < 1.29 is 23.9 Å². The number of aryl methyl sites for hydroxylation is 1. The highest BCUT2D eigenvalue weighted by molar-refractivity contribution is 9.10. The van der Waals surface area contributed by atoms with Crippen LogP contribution >= 0.6 is 15.9 Å². The molecule has 1 aromatic heterocycles. The molecule has 33 heavy (non-hydrogen) atoms. The topological polar surface area (TPSA) is 97.7 Å². The summed E-state index contributed by atoms with van der Waals surface area (Å²) in [6, 6.07) is 11.5. The third-order valence-corrected chi connectivity index (χ3v) is 6.12. The van der Waals surface area contributed by atoms with Gasteiger partial charge in [-0.15, -0.1) is 0 Å². The smallest absolute Gasteiger partial charge is 0.335 e. The van der Waals surface area contributed by atoms with Gasteiger partial charge >= 0.3 is 12.0 Å². The van der Waals surface area contributed by atoms with E-state index < -0.39 is 23.8 Å². The van der Waals surface area contributed by atoms with Gasteiger partial charge in [0.2, 0.25) is 0 Å². The number of amides is 4. The molecule has 1 N–H and O–H groups in total. The SMILES string of the molecule is CCOC(=O)Cn1cc(/C=C2\C(=O)NC(=O)N(c3ccc(Br)c(C)c3)C2=O)c2ccccc21. The van der Waals surface area contributed by atoms with Gasteiger partial charge in [-0.1, -0.05) is 34.1 Å². The second kappa shape index (κ2) is 9.03. The number of esters is 1. The Labute approximate surface area is 197 Å². The van der Waals surface area contributed by atoms with Gasteiger partial charge in [0.25, 0.3) is 11.8 Å². The first kappa shape index (κ1) is 22.5. The molecule has 8 nitrogen and oxygen atoms in total. The Morgan fingerprint density at radius 3 is 2.64 bits per heavy atom. The highest BCUT2D eigenvalue weighted by Crippen LogP contribution is 2.28. The van der Waals surface area contributed by atoms with Crippen molar-refractivity contribution in [1.82, 2.24) is 9.88 Å². The minimum atomic E-state index is -0.811. The summed E-state index contributed by atoms with van der Waals surface area (Å²) in [6.45, 7) is 3.82. The molecule has 2 aromatic carbocycles. The van der Waals surface area contributed by atoms with E-state index in [0.717, 1.165) is 25.8 Å². The maximum absolute atomic E-state index is 13.2. The maximum Gasteiger partial charge on any atom is 0.335 e. The Morgan fingerprint density at radius 1 is 1.15 bits per heavy atom. The van der Waals surface area contributed by atoms with Crippen molar-refractivity contribution in [3.63, 3.8) is 0 Å². The van der Waals surface area contributed by atoms with Gasteiger partial charge in [-0.05, 0) is 49.8 Å². The lowest BCUT2D eigenvalue weighted by atomic mass is 10.1. The molecule has 0 spiro atoms. The molecule has 9 heteroatoms. The van der Waals surface area contributed by atoms with Gasteiger partial charge in [0.15, 0.2) is 0 Å². The Hall–Kier alpha value is -3.72. The first-order chi connectivity index (χ1) is 15.8. The van der Waals surface area contributed by atoms with E-state index in [4.69, 9.17) is 4.74 Å². The highest BCUT2D eigenvalue weighted by atomic mass is 79.9. The fourth-order valence-corrected chi connectivity index (χ4v) is 3.93. The van der Waals surface area contributed by atoms with Gasteiger partial charge in [-0.2, -0.15) is 0 Å². The van der Waals surface area contributed by atoms with Crippen molar-refractivity contribution in [3.05, 3.63) is 69.8 Å². The molecule has 0 aliphatic carbocycles. The average Bonchev–Trinajstić information content (AvgIpc) is 3.11. The second-order valence-corrected chi connectivity index (χ2v) is 8.28. The Morgan fingerprint density at radius 2 is 1.91 bits per heavy atom. The van der Waals surface area contributed by atoms with Crippen LogP contribution in [0.4, 0.5) is 10.5 Å². The number of para-hydroxylation sites is 1. The summed E-state index contributed by atoms with van der Waals surface area (Å²) in [6.07, 6.45) is 3.12. The van der Waals surface area contributed by atoms with Gasteiger partial charge in [0, 0.05) is 27.1 Å². The van der Waals surface area contributed by atoms with Crippen LogP contribution in [-0.2, 0) is 25.7 Å².